The van der Waals surface area contributed by atoms with Crippen molar-refractivity contribution >= 4 is 6.09 Å². The number of halogens is 1. The molecule has 1 aliphatic rings. The molecular weight excluding hydrogens is 227 g/mol. The second-order valence-corrected chi connectivity index (χ2v) is 5.08. The number of amides is 1. The second kappa shape index (κ2) is 5.23. The summed E-state index contributed by atoms with van der Waals surface area (Å²) < 4.78 is 18.5. The first-order valence-electron chi connectivity index (χ1n) is 5.48. The first-order valence-corrected chi connectivity index (χ1v) is 5.48. The lowest BCUT2D eigenvalue weighted by Crippen LogP contribution is -2.48. The Kier molecular flexibility index (Phi) is 4.17. The Bertz CT molecular complexity index is 336. The van der Waals surface area contributed by atoms with E-state index in [1.807, 2.05) is 0 Å². The van der Waals surface area contributed by atoms with Gasteiger partial charge in [0.1, 0.15) is 11.8 Å². The van der Waals surface area contributed by atoms with E-state index in [9.17, 15) is 9.18 Å². The van der Waals surface area contributed by atoms with Crippen LogP contribution in [0.3, 0.4) is 0 Å². The number of carbonyl (C=O) groups excluding carboxylic acids is 1. The molecule has 1 amide bonds. The number of rotatable bonds is 1. The summed E-state index contributed by atoms with van der Waals surface area (Å²) in [7, 11) is 0. The molecule has 7 heteroatoms. The molecule has 0 saturated carbocycles. The Morgan fingerprint density at radius 2 is 2.18 bits per heavy atom. The molecule has 1 rings (SSSR count). The van der Waals surface area contributed by atoms with Crippen molar-refractivity contribution < 1.29 is 13.9 Å². The Morgan fingerprint density at radius 3 is 2.71 bits per heavy atom. The molecule has 1 heterocycles. The van der Waals surface area contributed by atoms with Gasteiger partial charge in [0.05, 0.1) is 12.6 Å². The van der Waals surface area contributed by atoms with Crippen LogP contribution in [0.1, 0.15) is 27.2 Å². The molecule has 0 radical (unpaired) electrons. The van der Waals surface area contributed by atoms with Crippen LogP contribution in [0.15, 0.2) is 5.11 Å². The Labute approximate surface area is 99.4 Å². The summed E-state index contributed by atoms with van der Waals surface area (Å²) in [5.41, 5.74) is 7.70. The summed E-state index contributed by atoms with van der Waals surface area (Å²) in [6.45, 7) is 5.43. The van der Waals surface area contributed by atoms with Gasteiger partial charge in [-0.1, -0.05) is 5.11 Å². The number of hydrogen-bond donors (Lipinski definition) is 0. The van der Waals surface area contributed by atoms with Crippen molar-refractivity contribution in [3.05, 3.63) is 10.4 Å². The standard InChI is InChI=1S/C10H17FN4O2/c1-10(2,3)17-9(16)15-5-7(11)4-8(6-15)13-14-12/h7-8H,4-6H2,1-3H3/t7-,8?/m0/s1. The van der Waals surface area contributed by atoms with Gasteiger partial charge in [0.15, 0.2) is 0 Å². The zero-order valence-corrected chi connectivity index (χ0v) is 10.3. The third-order valence-corrected chi connectivity index (χ3v) is 2.24. The van der Waals surface area contributed by atoms with Gasteiger partial charge >= 0.3 is 6.09 Å². The first kappa shape index (κ1) is 13.6. The molecule has 1 aliphatic heterocycles. The van der Waals surface area contributed by atoms with E-state index in [4.69, 9.17) is 10.3 Å². The van der Waals surface area contributed by atoms with Crippen LogP contribution in [-0.4, -0.2) is 41.9 Å². The predicted molar refractivity (Wildman–Crippen MR) is 60.3 cm³/mol. The highest BCUT2D eigenvalue weighted by Gasteiger charge is 2.31. The molecule has 96 valence electrons. The fourth-order valence-electron chi connectivity index (χ4n) is 1.64. The summed E-state index contributed by atoms with van der Waals surface area (Å²) in [6.07, 6.45) is -1.59. The topological polar surface area (TPSA) is 78.3 Å². The molecule has 1 unspecified atom stereocenters. The van der Waals surface area contributed by atoms with Gasteiger partial charge in [-0.3, -0.25) is 0 Å². The summed E-state index contributed by atoms with van der Waals surface area (Å²) in [5, 5.41) is 3.45. The van der Waals surface area contributed by atoms with Crippen molar-refractivity contribution in [1.82, 2.24) is 4.90 Å². The molecule has 17 heavy (non-hydrogen) atoms. The van der Waals surface area contributed by atoms with Gasteiger partial charge in [-0.05, 0) is 32.7 Å². The number of hydrogen-bond acceptors (Lipinski definition) is 3. The second-order valence-electron chi connectivity index (χ2n) is 5.08. The SMILES string of the molecule is CC(C)(C)OC(=O)N1CC(N=[N+]=[N-])C[C@H](F)C1. The average Bonchev–Trinajstić information content (AvgIpc) is 2.14. The molecule has 0 N–H and O–H groups in total. The summed E-state index contributed by atoms with van der Waals surface area (Å²) >= 11 is 0. The zero-order chi connectivity index (χ0) is 13.1. The normalized spacial score (nSPS) is 25.1. The van der Waals surface area contributed by atoms with Crippen molar-refractivity contribution in [2.45, 2.75) is 45.0 Å². The Hall–Kier alpha value is -1.49. The van der Waals surface area contributed by atoms with Crippen LogP contribution in [-0.2, 0) is 4.74 Å². The van der Waals surface area contributed by atoms with Gasteiger partial charge in [-0.25, -0.2) is 9.18 Å². The van der Waals surface area contributed by atoms with Gasteiger partial charge in [-0.2, -0.15) is 0 Å². The summed E-state index contributed by atoms with van der Waals surface area (Å²) in [5.74, 6) is 0. The molecule has 0 bridgehead atoms. The predicted octanol–water partition coefficient (Wildman–Crippen LogP) is 2.64. The Balaban J connectivity index is 2.64. The minimum Gasteiger partial charge on any atom is -0.444 e. The minimum absolute atomic E-state index is 0.00758. The molecule has 0 aromatic carbocycles. The lowest BCUT2D eigenvalue weighted by atomic mass is 10.1. The number of alkyl halides is 1. The van der Waals surface area contributed by atoms with Crippen molar-refractivity contribution in [2.75, 3.05) is 13.1 Å². The molecule has 0 spiro atoms. The zero-order valence-electron chi connectivity index (χ0n) is 10.3. The molecular formula is C10H17FN4O2. The maximum Gasteiger partial charge on any atom is 0.410 e. The van der Waals surface area contributed by atoms with Gasteiger partial charge in [0.25, 0.3) is 0 Å². The highest BCUT2D eigenvalue weighted by molar-refractivity contribution is 5.68. The van der Waals surface area contributed by atoms with Crippen LogP contribution < -0.4 is 0 Å². The average molecular weight is 244 g/mol. The number of likely N-dealkylation sites (tertiary alicyclic amines) is 1. The van der Waals surface area contributed by atoms with Crippen molar-refractivity contribution in [3.63, 3.8) is 0 Å². The molecule has 0 aromatic rings. The van der Waals surface area contributed by atoms with Crippen molar-refractivity contribution in [3.8, 4) is 0 Å². The Morgan fingerprint density at radius 1 is 1.53 bits per heavy atom. The van der Waals surface area contributed by atoms with E-state index in [0.29, 0.717) is 0 Å². The quantitative estimate of drug-likeness (QED) is 0.404. The maximum absolute atomic E-state index is 13.4. The van der Waals surface area contributed by atoms with E-state index in [1.54, 1.807) is 20.8 Å². The van der Waals surface area contributed by atoms with E-state index < -0.39 is 23.9 Å². The van der Waals surface area contributed by atoms with Gasteiger partial charge in [0, 0.05) is 11.5 Å². The summed E-state index contributed by atoms with van der Waals surface area (Å²) in [4.78, 5) is 15.6. The number of nitrogens with zero attached hydrogens (tertiary/aromatic N) is 4. The number of ether oxygens (including phenoxy) is 1. The highest BCUT2D eigenvalue weighted by Crippen LogP contribution is 2.19. The van der Waals surface area contributed by atoms with Crippen LogP contribution in [0.2, 0.25) is 0 Å². The van der Waals surface area contributed by atoms with Gasteiger partial charge in [0.2, 0.25) is 0 Å². The number of carbonyl (C=O) groups is 1. The van der Waals surface area contributed by atoms with E-state index in [-0.39, 0.29) is 19.5 Å². The molecule has 2 atom stereocenters. The largest absolute Gasteiger partial charge is 0.444 e. The van der Waals surface area contributed by atoms with E-state index in [1.165, 1.54) is 4.90 Å². The number of azide groups is 1. The molecule has 0 aromatic heterocycles. The van der Waals surface area contributed by atoms with Gasteiger partial charge in [-0.15, -0.1) is 0 Å². The van der Waals surface area contributed by atoms with Crippen LogP contribution in [0.4, 0.5) is 9.18 Å². The van der Waals surface area contributed by atoms with Crippen LogP contribution >= 0.6 is 0 Å². The maximum atomic E-state index is 13.4. The number of piperidine rings is 1. The lowest BCUT2D eigenvalue weighted by Gasteiger charge is -2.34. The van der Waals surface area contributed by atoms with Crippen LogP contribution in [0.25, 0.3) is 10.4 Å². The minimum atomic E-state index is -1.17. The van der Waals surface area contributed by atoms with E-state index >= 15 is 0 Å². The molecule has 6 nitrogen and oxygen atoms in total. The molecule has 1 saturated heterocycles. The van der Waals surface area contributed by atoms with E-state index in [0.717, 1.165) is 0 Å². The summed E-state index contributed by atoms with van der Waals surface area (Å²) in [6, 6.07) is -0.517. The third kappa shape index (κ3) is 4.48. The fraction of sp³-hybridized carbons (Fsp3) is 0.900. The first-order chi connectivity index (χ1) is 7.81. The smallest absolute Gasteiger partial charge is 0.410 e. The van der Waals surface area contributed by atoms with Crippen LogP contribution in [0.5, 0.6) is 0 Å². The fourth-order valence-corrected chi connectivity index (χ4v) is 1.64. The van der Waals surface area contributed by atoms with E-state index in [2.05, 4.69) is 10.0 Å². The van der Waals surface area contributed by atoms with Gasteiger partial charge < -0.3 is 9.64 Å². The molecule has 1 fully saturated rings. The lowest BCUT2D eigenvalue weighted by molar-refractivity contribution is 0.0115. The molecule has 0 aliphatic carbocycles. The highest BCUT2D eigenvalue weighted by atomic mass is 19.1. The van der Waals surface area contributed by atoms with Crippen molar-refractivity contribution in [2.24, 2.45) is 5.11 Å². The third-order valence-electron chi connectivity index (χ3n) is 2.24. The monoisotopic (exact) mass is 244 g/mol. The van der Waals surface area contributed by atoms with Crippen LogP contribution in [0, 0.1) is 0 Å². The van der Waals surface area contributed by atoms with Crippen molar-refractivity contribution in [1.29, 1.82) is 0 Å².